The summed E-state index contributed by atoms with van der Waals surface area (Å²) >= 11 is 4.85. The number of aryl methyl sites for hydroxylation is 1. The average molecular weight is 381 g/mol. The normalized spacial score (nSPS) is 10.9. The van der Waals surface area contributed by atoms with Gasteiger partial charge in [0.05, 0.1) is 22.4 Å². The van der Waals surface area contributed by atoms with Crippen molar-refractivity contribution in [2.24, 2.45) is 0 Å². The molecule has 0 aliphatic rings. The molecule has 1 N–H and O–H groups in total. The number of rotatable bonds is 4. The van der Waals surface area contributed by atoms with Gasteiger partial charge in [0.1, 0.15) is 5.76 Å². The van der Waals surface area contributed by atoms with E-state index < -0.39 is 0 Å². The summed E-state index contributed by atoms with van der Waals surface area (Å²) in [6.07, 6.45) is 1.63. The number of hydrogen-bond donors (Lipinski definition) is 1. The van der Waals surface area contributed by atoms with Gasteiger partial charge in [0.25, 0.3) is 5.91 Å². The van der Waals surface area contributed by atoms with Crippen LogP contribution < -0.4 is 5.32 Å². The zero-order valence-electron chi connectivity index (χ0n) is 12.0. The van der Waals surface area contributed by atoms with Crippen molar-refractivity contribution in [2.45, 2.75) is 20.4 Å². The van der Waals surface area contributed by atoms with Gasteiger partial charge < -0.3 is 4.42 Å². The van der Waals surface area contributed by atoms with Crippen LogP contribution in [0.1, 0.15) is 27.7 Å². The maximum atomic E-state index is 12.0. The number of amides is 1. The minimum absolute atomic E-state index is 0.255. The first-order valence-electron chi connectivity index (χ1n) is 6.53. The summed E-state index contributed by atoms with van der Waals surface area (Å²) in [6, 6.07) is 3.43. The molecule has 3 heterocycles. The molecule has 8 heteroatoms. The third-order valence-electron chi connectivity index (χ3n) is 3.14. The fourth-order valence-corrected chi connectivity index (χ4v) is 2.81. The Morgan fingerprint density at radius 3 is 2.91 bits per heavy atom. The lowest BCUT2D eigenvalue weighted by Crippen LogP contribution is -2.10. The van der Waals surface area contributed by atoms with Gasteiger partial charge in [-0.05, 0) is 41.9 Å². The molecule has 0 saturated carbocycles. The molecular weight excluding hydrogens is 368 g/mol. The molecule has 3 rings (SSSR count). The van der Waals surface area contributed by atoms with Gasteiger partial charge in [-0.2, -0.15) is 5.10 Å². The van der Waals surface area contributed by atoms with Crippen molar-refractivity contribution in [2.75, 3.05) is 5.32 Å². The van der Waals surface area contributed by atoms with Crippen LogP contribution in [0.2, 0.25) is 0 Å². The van der Waals surface area contributed by atoms with Gasteiger partial charge in [0.15, 0.2) is 10.9 Å². The van der Waals surface area contributed by atoms with Crippen LogP contribution in [-0.2, 0) is 6.54 Å². The molecule has 0 saturated heterocycles. The number of nitrogens with zero attached hydrogens (tertiary/aromatic N) is 3. The first-order valence-corrected chi connectivity index (χ1v) is 8.21. The van der Waals surface area contributed by atoms with E-state index in [1.807, 2.05) is 18.5 Å². The second-order valence-corrected chi connectivity index (χ2v) is 6.39. The van der Waals surface area contributed by atoms with E-state index >= 15 is 0 Å². The topological polar surface area (TPSA) is 73.0 Å². The molecule has 3 aromatic heterocycles. The zero-order valence-corrected chi connectivity index (χ0v) is 14.4. The molecule has 0 fully saturated rings. The summed E-state index contributed by atoms with van der Waals surface area (Å²) in [5, 5.41) is 9.45. The van der Waals surface area contributed by atoms with Crippen LogP contribution in [0, 0.1) is 13.8 Å². The number of halogens is 1. The summed E-state index contributed by atoms with van der Waals surface area (Å²) in [6.45, 7) is 4.38. The van der Waals surface area contributed by atoms with Crippen LogP contribution in [0.3, 0.4) is 0 Å². The molecule has 0 atom stereocenters. The lowest BCUT2D eigenvalue weighted by atomic mass is 10.4. The van der Waals surface area contributed by atoms with Crippen molar-refractivity contribution in [3.63, 3.8) is 0 Å². The monoisotopic (exact) mass is 380 g/mol. The van der Waals surface area contributed by atoms with Crippen LogP contribution in [0.15, 0.2) is 32.6 Å². The fourth-order valence-electron chi connectivity index (χ4n) is 2.01. The number of aromatic nitrogens is 3. The van der Waals surface area contributed by atoms with E-state index in [4.69, 9.17) is 4.42 Å². The number of anilines is 1. The van der Waals surface area contributed by atoms with Crippen molar-refractivity contribution in [1.82, 2.24) is 14.8 Å². The van der Waals surface area contributed by atoms with Crippen molar-refractivity contribution < 1.29 is 9.21 Å². The molecule has 6 nitrogen and oxygen atoms in total. The number of furan rings is 1. The highest BCUT2D eigenvalue weighted by molar-refractivity contribution is 9.10. The second kappa shape index (κ2) is 6.05. The molecule has 3 aromatic rings. The van der Waals surface area contributed by atoms with Gasteiger partial charge in [-0.1, -0.05) is 0 Å². The second-order valence-electron chi connectivity index (χ2n) is 4.70. The first kappa shape index (κ1) is 15.0. The Kier molecular flexibility index (Phi) is 4.12. The van der Waals surface area contributed by atoms with Crippen LogP contribution in [-0.4, -0.2) is 20.7 Å². The Morgan fingerprint density at radius 2 is 2.27 bits per heavy atom. The number of nitrogens with one attached hydrogen (secondary N) is 1. The predicted octanol–water partition coefficient (Wildman–Crippen LogP) is 3.61. The summed E-state index contributed by atoms with van der Waals surface area (Å²) in [5.74, 6) is 0.615. The van der Waals surface area contributed by atoms with Gasteiger partial charge in [0, 0.05) is 11.6 Å². The smallest absolute Gasteiger partial charge is 0.293 e. The maximum absolute atomic E-state index is 12.0. The predicted molar refractivity (Wildman–Crippen MR) is 87.3 cm³/mol. The van der Waals surface area contributed by atoms with E-state index in [2.05, 4.69) is 31.3 Å². The van der Waals surface area contributed by atoms with Gasteiger partial charge in [-0.3, -0.25) is 14.8 Å². The maximum Gasteiger partial charge on any atom is 0.293 e. The third kappa shape index (κ3) is 2.97. The minimum Gasteiger partial charge on any atom is -0.454 e. The summed E-state index contributed by atoms with van der Waals surface area (Å²) in [7, 11) is 0. The fraction of sp³-hybridized carbons (Fsp3) is 0.214. The van der Waals surface area contributed by atoms with E-state index in [1.54, 1.807) is 23.7 Å². The molecule has 22 heavy (non-hydrogen) atoms. The van der Waals surface area contributed by atoms with E-state index in [-0.39, 0.29) is 11.7 Å². The Hall–Kier alpha value is -1.93. The highest BCUT2D eigenvalue weighted by atomic mass is 79.9. The van der Waals surface area contributed by atoms with Gasteiger partial charge in [0.2, 0.25) is 0 Å². The van der Waals surface area contributed by atoms with E-state index in [1.165, 1.54) is 11.3 Å². The SMILES string of the molecule is Cc1nn(Cc2ccc(C(=O)Nc3nccs3)o2)c(C)c1Br. The number of carbonyl (C=O) groups excluding carboxylic acids is 1. The zero-order chi connectivity index (χ0) is 15.7. The molecule has 0 unspecified atom stereocenters. The van der Waals surface area contributed by atoms with Crippen molar-refractivity contribution in [3.8, 4) is 0 Å². The summed E-state index contributed by atoms with van der Waals surface area (Å²) in [4.78, 5) is 16.0. The Labute approximate surface area is 139 Å². The van der Waals surface area contributed by atoms with Gasteiger partial charge in [-0.25, -0.2) is 4.98 Å². The number of carbonyl (C=O) groups is 1. The van der Waals surface area contributed by atoms with Crippen LogP contribution in [0.25, 0.3) is 0 Å². The van der Waals surface area contributed by atoms with Crippen LogP contribution >= 0.6 is 27.3 Å². The molecule has 0 bridgehead atoms. The van der Waals surface area contributed by atoms with Crippen molar-refractivity contribution >= 4 is 38.3 Å². The summed E-state index contributed by atoms with van der Waals surface area (Å²) < 4.78 is 8.41. The lowest BCUT2D eigenvalue weighted by molar-refractivity contribution is 0.0994. The largest absolute Gasteiger partial charge is 0.454 e. The van der Waals surface area contributed by atoms with Crippen molar-refractivity contribution in [1.29, 1.82) is 0 Å². The Bertz CT molecular complexity index is 807. The number of hydrogen-bond acceptors (Lipinski definition) is 5. The standard InChI is InChI=1S/C14H13BrN4O2S/c1-8-12(15)9(2)19(18-8)7-10-3-4-11(21-10)13(20)17-14-16-5-6-22-14/h3-6H,7H2,1-2H3,(H,16,17,20). The highest BCUT2D eigenvalue weighted by Gasteiger charge is 2.14. The van der Waals surface area contributed by atoms with Gasteiger partial charge in [-0.15, -0.1) is 11.3 Å². The Morgan fingerprint density at radius 1 is 1.45 bits per heavy atom. The average Bonchev–Trinajstić information content (AvgIpc) is 3.20. The van der Waals surface area contributed by atoms with Crippen LogP contribution in [0.5, 0.6) is 0 Å². The van der Waals surface area contributed by atoms with E-state index in [0.29, 0.717) is 17.4 Å². The molecule has 0 spiro atoms. The highest BCUT2D eigenvalue weighted by Crippen LogP contribution is 2.21. The molecule has 0 aromatic carbocycles. The Balaban J connectivity index is 1.73. The first-order chi connectivity index (χ1) is 10.5. The molecule has 114 valence electrons. The van der Waals surface area contributed by atoms with E-state index in [0.717, 1.165) is 15.9 Å². The van der Waals surface area contributed by atoms with E-state index in [9.17, 15) is 4.79 Å². The molecule has 1 amide bonds. The molecular formula is C14H13BrN4O2S. The quantitative estimate of drug-likeness (QED) is 0.749. The third-order valence-corrected chi connectivity index (χ3v) is 4.97. The lowest BCUT2D eigenvalue weighted by Gasteiger charge is -2.02. The summed E-state index contributed by atoms with van der Waals surface area (Å²) in [5.41, 5.74) is 1.94. The molecule has 0 aliphatic carbocycles. The van der Waals surface area contributed by atoms with Crippen LogP contribution in [0.4, 0.5) is 5.13 Å². The molecule has 0 aliphatic heterocycles. The molecule has 0 radical (unpaired) electrons. The minimum atomic E-state index is -0.309. The number of thiazole rings is 1. The van der Waals surface area contributed by atoms with Gasteiger partial charge >= 0.3 is 0 Å². The van der Waals surface area contributed by atoms with Crippen molar-refractivity contribution in [3.05, 3.63) is 51.1 Å².